The lowest BCUT2D eigenvalue weighted by Gasteiger charge is -2.14. The second-order valence-electron chi connectivity index (χ2n) is 6.56. The Labute approximate surface area is 165 Å². The molecule has 0 aliphatic carbocycles. The molecule has 3 amide bonds. The maximum atomic E-state index is 12.4. The van der Waals surface area contributed by atoms with E-state index in [1.165, 1.54) is 6.33 Å². The minimum atomic E-state index is -0.791. The van der Waals surface area contributed by atoms with Gasteiger partial charge in [0.25, 0.3) is 5.91 Å². The predicted octanol–water partition coefficient (Wildman–Crippen LogP) is 1.94. The molecule has 4 N–H and O–H groups in total. The molecule has 1 aliphatic heterocycles. The topological polar surface area (TPSA) is 129 Å². The summed E-state index contributed by atoms with van der Waals surface area (Å²) in [6, 6.07) is 13.2. The van der Waals surface area contributed by atoms with Crippen LogP contribution in [0.25, 0.3) is 11.4 Å². The molecule has 0 radical (unpaired) electrons. The molecule has 0 unspecified atom stereocenters. The fourth-order valence-corrected chi connectivity index (χ4v) is 3.10. The molecule has 0 saturated heterocycles. The highest BCUT2D eigenvalue weighted by Crippen LogP contribution is 2.21. The summed E-state index contributed by atoms with van der Waals surface area (Å²) in [7, 11) is 0. The highest BCUT2D eigenvalue weighted by atomic mass is 16.2. The van der Waals surface area contributed by atoms with Gasteiger partial charge in [-0.2, -0.15) is 5.10 Å². The van der Waals surface area contributed by atoms with E-state index in [2.05, 4.69) is 31.1 Å². The first-order chi connectivity index (χ1) is 14.1. The van der Waals surface area contributed by atoms with Crippen LogP contribution in [-0.2, 0) is 9.59 Å². The van der Waals surface area contributed by atoms with E-state index >= 15 is 0 Å². The molecule has 0 bridgehead atoms. The summed E-state index contributed by atoms with van der Waals surface area (Å²) in [5.41, 5.74) is 2.25. The highest BCUT2D eigenvalue weighted by molar-refractivity contribution is 6.10. The van der Waals surface area contributed by atoms with E-state index in [4.69, 9.17) is 0 Å². The standard InChI is InChI=1S/C20H18N6O3/c27-17(23-13-5-3-4-12(10-13)18-21-11-22-26-18)9-8-16-20(29)24-15-7-2-1-6-14(15)19(28)25-16/h1-7,10-11,16H,8-9H2,(H,23,27)(H,24,29)(H,25,28)(H,21,22,26)/t16-/m0/s1. The Morgan fingerprint density at radius 1 is 1.10 bits per heavy atom. The molecular formula is C20H18N6O3. The van der Waals surface area contributed by atoms with E-state index in [0.29, 0.717) is 22.8 Å². The lowest BCUT2D eigenvalue weighted by atomic mass is 10.1. The Morgan fingerprint density at radius 2 is 1.97 bits per heavy atom. The molecule has 2 aromatic carbocycles. The molecule has 1 atom stereocenters. The minimum Gasteiger partial charge on any atom is -0.340 e. The van der Waals surface area contributed by atoms with Crippen LogP contribution in [0.2, 0.25) is 0 Å². The van der Waals surface area contributed by atoms with Crippen molar-refractivity contribution in [3.05, 3.63) is 60.4 Å². The van der Waals surface area contributed by atoms with Gasteiger partial charge in [-0.05, 0) is 30.7 Å². The minimum absolute atomic E-state index is 0.0707. The van der Waals surface area contributed by atoms with Gasteiger partial charge in [0.2, 0.25) is 11.8 Å². The number of hydrogen-bond acceptors (Lipinski definition) is 5. The van der Waals surface area contributed by atoms with Crippen molar-refractivity contribution in [1.29, 1.82) is 0 Å². The number of para-hydroxylation sites is 1. The number of aromatic amines is 1. The molecule has 3 aromatic rings. The second kappa shape index (κ2) is 7.93. The molecule has 9 heteroatoms. The van der Waals surface area contributed by atoms with Crippen LogP contribution in [0.4, 0.5) is 11.4 Å². The van der Waals surface area contributed by atoms with Gasteiger partial charge in [-0.1, -0.05) is 24.3 Å². The van der Waals surface area contributed by atoms with E-state index < -0.39 is 6.04 Å². The lowest BCUT2D eigenvalue weighted by molar-refractivity contribution is -0.118. The van der Waals surface area contributed by atoms with Crippen LogP contribution >= 0.6 is 0 Å². The summed E-state index contributed by atoms with van der Waals surface area (Å²) >= 11 is 0. The van der Waals surface area contributed by atoms with Crippen molar-refractivity contribution in [2.24, 2.45) is 0 Å². The summed E-state index contributed by atoms with van der Waals surface area (Å²) < 4.78 is 0. The van der Waals surface area contributed by atoms with Gasteiger partial charge in [0.1, 0.15) is 12.4 Å². The first-order valence-electron chi connectivity index (χ1n) is 9.06. The van der Waals surface area contributed by atoms with E-state index in [9.17, 15) is 14.4 Å². The zero-order valence-corrected chi connectivity index (χ0v) is 15.3. The molecule has 1 aromatic heterocycles. The number of fused-ring (bicyclic) bond motifs is 1. The predicted molar refractivity (Wildman–Crippen MR) is 106 cm³/mol. The zero-order chi connectivity index (χ0) is 20.2. The quantitative estimate of drug-likeness (QED) is 0.529. The van der Waals surface area contributed by atoms with E-state index in [1.807, 2.05) is 6.07 Å². The number of hydrogen-bond donors (Lipinski definition) is 4. The molecule has 9 nitrogen and oxygen atoms in total. The number of benzene rings is 2. The number of rotatable bonds is 5. The molecule has 2 heterocycles. The van der Waals surface area contributed by atoms with Crippen molar-refractivity contribution >= 4 is 29.1 Å². The van der Waals surface area contributed by atoms with Gasteiger partial charge < -0.3 is 16.0 Å². The molecule has 4 rings (SSSR count). The Kier molecular flexibility index (Phi) is 5.02. The van der Waals surface area contributed by atoms with Crippen molar-refractivity contribution in [3.63, 3.8) is 0 Å². The molecule has 29 heavy (non-hydrogen) atoms. The third-order valence-corrected chi connectivity index (χ3v) is 4.55. The highest BCUT2D eigenvalue weighted by Gasteiger charge is 2.27. The van der Waals surface area contributed by atoms with Crippen LogP contribution in [0.1, 0.15) is 23.2 Å². The van der Waals surface area contributed by atoms with Gasteiger partial charge in [-0.25, -0.2) is 4.98 Å². The van der Waals surface area contributed by atoms with Gasteiger partial charge in [0.05, 0.1) is 11.3 Å². The Hall–Kier alpha value is -4.01. The average Bonchev–Trinajstić information content (AvgIpc) is 3.22. The molecule has 0 spiro atoms. The Balaban J connectivity index is 1.37. The fraction of sp³-hybridized carbons (Fsp3) is 0.150. The van der Waals surface area contributed by atoms with Crippen LogP contribution in [0, 0.1) is 0 Å². The third kappa shape index (κ3) is 4.13. The lowest BCUT2D eigenvalue weighted by Crippen LogP contribution is -2.41. The molecule has 0 fully saturated rings. The number of anilines is 2. The number of H-pyrrole nitrogens is 1. The monoisotopic (exact) mass is 390 g/mol. The van der Waals surface area contributed by atoms with Crippen molar-refractivity contribution < 1.29 is 14.4 Å². The largest absolute Gasteiger partial charge is 0.340 e. The summed E-state index contributed by atoms with van der Waals surface area (Å²) in [6.07, 6.45) is 1.66. The van der Waals surface area contributed by atoms with Crippen molar-refractivity contribution in [3.8, 4) is 11.4 Å². The van der Waals surface area contributed by atoms with E-state index in [-0.39, 0.29) is 30.6 Å². The maximum absolute atomic E-state index is 12.4. The SMILES string of the molecule is O=C(CC[C@@H]1NC(=O)c2ccccc2NC1=O)Nc1cccc(-c2ncn[nH]2)c1. The number of nitrogens with one attached hydrogen (secondary N) is 4. The van der Waals surface area contributed by atoms with Crippen LogP contribution in [0.5, 0.6) is 0 Å². The Bertz CT molecular complexity index is 1060. The second-order valence-corrected chi connectivity index (χ2v) is 6.56. The number of nitrogens with zero attached hydrogens (tertiary/aromatic N) is 2. The van der Waals surface area contributed by atoms with Crippen LogP contribution < -0.4 is 16.0 Å². The zero-order valence-electron chi connectivity index (χ0n) is 15.3. The number of carbonyl (C=O) groups excluding carboxylic acids is 3. The van der Waals surface area contributed by atoms with Crippen molar-refractivity contribution in [1.82, 2.24) is 20.5 Å². The van der Waals surface area contributed by atoms with Gasteiger partial charge >= 0.3 is 0 Å². The summed E-state index contributed by atoms with van der Waals surface area (Å²) in [6.45, 7) is 0. The number of carbonyl (C=O) groups is 3. The number of amides is 3. The summed E-state index contributed by atoms with van der Waals surface area (Å²) in [4.78, 5) is 41.2. The van der Waals surface area contributed by atoms with Crippen LogP contribution in [0.15, 0.2) is 54.9 Å². The van der Waals surface area contributed by atoms with Crippen LogP contribution in [-0.4, -0.2) is 38.9 Å². The normalized spacial score (nSPS) is 15.7. The molecule has 1 aliphatic rings. The third-order valence-electron chi connectivity index (χ3n) is 4.55. The van der Waals surface area contributed by atoms with Crippen LogP contribution in [0.3, 0.4) is 0 Å². The van der Waals surface area contributed by atoms with Crippen molar-refractivity contribution in [2.45, 2.75) is 18.9 Å². The van der Waals surface area contributed by atoms with Gasteiger partial charge in [-0.3, -0.25) is 19.5 Å². The van der Waals surface area contributed by atoms with E-state index in [1.54, 1.807) is 42.5 Å². The first-order valence-corrected chi connectivity index (χ1v) is 9.06. The number of aromatic nitrogens is 3. The van der Waals surface area contributed by atoms with Crippen molar-refractivity contribution in [2.75, 3.05) is 10.6 Å². The Morgan fingerprint density at radius 3 is 2.79 bits per heavy atom. The van der Waals surface area contributed by atoms with Gasteiger partial charge in [-0.15, -0.1) is 0 Å². The molecule has 146 valence electrons. The van der Waals surface area contributed by atoms with Gasteiger partial charge in [0.15, 0.2) is 5.82 Å². The van der Waals surface area contributed by atoms with Gasteiger partial charge in [0, 0.05) is 17.7 Å². The maximum Gasteiger partial charge on any atom is 0.254 e. The summed E-state index contributed by atoms with van der Waals surface area (Å²) in [5, 5.41) is 14.8. The first kappa shape index (κ1) is 18.4. The average molecular weight is 390 g/mol. The molecule has 0 saturated carbocycles. The smallest absolute Gasteiger partial charge is 0.254 e. The summed E-state index contributed by atoms with van der Waals surface area (Å²) in [5.74, 6) is -0.352. The fourth-order valence-electron chi connectivity index (χ4n) is 3.10. The molecular weight excluding hydrogens is 372 g/mol. The van der Waals surface area contributed by atoms with E-state index in [0.717, 1.165) is 5.56 Å².